The van der Waals surface area contributed by atoms with E-state index in [2.05, 4.69) is 15.6 Å². The first-order valence-electron chi connectivity index (χ1n) is 5.17. The van der Waals surface area contributed by atoms with Gasteiger partial charge in [-0.15, -0.1) is 0 Å². The molecule has 0 aromatic carbocycles. The Hall–Kier alpha value is -2.09. The van der Waals surface area contributed by atoms with Crippen LogP contribution >= 0.6 is 0 Å². The van der Waals surface area contributed by atoms with Gasteiger partial charge in [0.15, 0.2) is 0 Å². The van der Waals surface area contributed by atoms with Crippen molar-refractivity contribution in [3.8, 4) is 6.07 Å². The van der Waals surface area contributed by atoms with E-state index < -0.39 is 0 Å². The number of aromatic nitrogens is 1. The zero-order chi connectivity index (χ0) is 11.4. The molecule has 1 aliphatic carbocycles. The molecule has 2 N–H and O–H groups in total. The zero-order valence-electron chi connectivity index (χ0n) is 8.73. The summed E-state index contributed by atoms with van der Waals surface area (Å²) < 4.78 is 0. The maximum atomic E-state index is 11.4. The monoisotopic (exact) mass is 216 g/mol. The fraction of sp³-hybridized carbons (Fsp3) is 0.364. The van der Waals surface area contributed by atoms with E-state index in [1.807, 2.05) is 6.07 Å². The number of nitrogens with one attached hydrogen (secondary N) is 2. The van der Waals surface area contributed by atoms with Crippen molar-refractivity contribution in [3.63, 3.8) is 0 Å². The number of carbonyl (C=O) groups is 1. The van der Waals surface area contributed by atoms with Gasteiger partial charge in [-0.05, 0) is 25.0 Å². The third kappa shape index (κ3) is 2.95. The first kappa shape index (κ1) is 10.4. The molecule has 0 spiro atoms. The van der Waals surface area contributed by atoms with Crippen LogP contribution in [0.4, 0.5) is 5.82 Å². The highest BCUT2D eigenvalue weighted by Gasteiger charge is 2.22. The van der Waals surface area contributed by atoms with Crippen LogP contribution in [0.15, 0.2) is 18.3 Å². The lowest BCUT2D eigenvalue weighted by Crippen LogP contribution is -2.31. The third-order valence-corrected chi connectivity index (χ3v) is 2.26. The van der Waals surface area contributed by atoms with Gasteiger partial charge >= 0.3 is 0 Å². The second-order valence-corrected chi connectivity index (χ2v) is 3.74. The molecule has 0 aliphatic heterocycles. The maximum absolute atomic E-state index is 11.4. The number of pyridine rings is 1. The van der Waals surface area contributed by atoms with Gasteiger partial charge in [0.05, 0.1) is 18.2 Å². The highest BCUT2D eigenvalue weighted by atomic mass is 16.2. The molecule has 82 valence electrons. The summed E-state index contributed by atoms with van der Waals surface area (Å²) in [4.78, 5) is 15.4. The van der Waals surface area contributed by atoms with Gasteiger partial charge in [0.25, 0.3) is 0 Å². The minimum absolute atomic E-state index is 0.0355. The minimum atomic E-state index is -0.0355. The van der Waals surface area contributed by atoms with Crippen molar-refractivity contribution < 1.29 is 4.79 Å². The lowest BCUT2D eigenvalue weighted by molar-refractivity contribution is -0.119. The van der Waals surface area contributed by atoms with E-state index in [9.17, 15) is 4.79 Å². The Morgan fingerprint density at radius 1 is 1.62 bits per heavy atom. The summed E-state index contributed by atoms with van der Waals surface area (Å²) in [5, 5.41) is 14.4. The molecule has 0 unspecified atom stereocenters. The average molecular weight is 216 g/mol. The summed E-state index contributed by atoms with van der Waals surface area (Å²) in [7, 11) is 0. The number of carbonyl (C=O) groups excluding carboxylic acids is 1. The Labute approximate surface area is 93.5 Å². The molecule has 16 heavy (non-hydrogen) atoms. The first-order chi connectivity index (χ1) is 7.78. The lowest BCUT2D eigenvalue weighted by atomic mass is 10.3. The van der Waals surface area contributed by atoms with Crippen LogP contribution in [0.3, 0.4) is 0 Å². The Balaban J connectivity index is 1.83. The van der Waals surface area contributed by atoms with Crippen LogP contribution < -0.4 is 10.6 Å². The number of nitriles is 1. The molecule has 5 nitrogen and oxygen atoms in total. The number of hydrogen-bond acceptors (Lipinski definition) is 4. The summed E-state index contributed by atoms with van der Waals surface area (Å²) >= 11 is 0. The fourth-order valence-corrected chi connectivity index (χ4v) is 1.27. The Kier molecular flexibility index (Phi) is 3.01. The summed E-state index contributed by atoms with van der Waals surface area (Å²) in [5.41, 5.74) is 0.528. The summed E-state index contributed by atoms with van der Waals surface area (Å²) in [6.07, 6.45) is 3.70. The molecule has 2 rings (SSSR count). The van der Waals surface area contributed by atoms with Crippen LogP contribution in [-0.4, -0.2) is 23.5 Å². The van der Waals surface area contributed by atoms with Gasteiger partial charge in [0.2, 0.25) is 5.91 Å². The molecule has 5 heteroatoms. The average Bonchev–Trinajstić information content (AvgIpc) is 3.10. The van der Waals surface area contributed by atoms with Gasteiger partial charge in [-0.1, -0.05) is 0 Å². The fourth-order valence-electron chi connectivity index (χ4n) is 1.27. The summed E-state index contributed by atoms with van der Waals surface area (Å²) in [6.45, 7) is 0.193. The van der Waals surface area contributed by atoms with Gasteiger partial charge in [0.1, 0.15) is 5.82 Å². The van der Waals surface area contributed by atoms with Gasteiger partial charge < -0.3 is 10.6 Å². The number of nitrogens with zero attached hydrogens (tertiary/aromatic N) is 2. The zero-order valence-corrected chi connectivity index (χ0v) is 8.73. The topological polar surface area (TPSA) is 77.8 Å². The molecule has 1 aromatic heterocycles. The van der Waals surface area contributed by atoms with Crippen molar-refractivity contribution in [1.82, 2.24) is 10.3 Å². The minimum Gasteiger partial charge on any atom is -0.361 e. The maximum Gasteiger partial charge on any atom is 0.239 e. The Morgan fingerprint density at radius 3 is 3.12 bits per heavy atom. The second kappa shape index (κ2) is 4.62. The molecular formula is C11H12N4O. The van der Waals surface area contributed by atoms with Crippen molar-refractivity contribution >= 4 is 11.7 Å². The van der Waals surface area contributed by atoms with Crippen LogP contribution in [0, 0.1) is 11.3 Å². The number of amides is 1. The number of hydrogen-bond donors (Lipinski definition) is 2. The predicted molar refractivity (Wildman–Crippen MR) is 58.6 cm³/mol. The van der Waals surface area contributed by atoms with Gasteiger partial charge in [-0.3, -0.25) is 4.79 Å². The first-order valence-corrected chi connectivity index (χ1v) is 5.17. The van der Waals surface area contributed by atoms with Gasteiger partial charge in [0, 0.05) is 12.2 Å². The Morgan fingerprint density at radius 2 is 2.44 bits per heavy atom. The molecule has 1 saturated carbocycles. The molecule has 1 fully saturated rings. The highest BCUT2D eigenvalue weighted by Crippen LogP contribution is 2.18. The van der Waals surface area contributed by atoms with E-state index in [-0.39, 0.29) is 12.5 Å². The molecule has 0 saturated heterocycles. The molecular weight excluding hydrogens is 204 g/mol. The van der Waals surface area contributed by atoms with Crippen LogP contribution in [0.1, 0.15) is 18.4 Å². The van der Waals surface area contributed by atoms with Crippen molar-refractivity contribution in [2.45, 2.75) is 18.9 Å². The second-order valence-electron chi connectivity index (χ2n) is 3.74. The van der Waals surface area contributed by atoms with E-state index in [4.69, 9.17) is 5.26 Å². The van der Waals surface area contributed by atoms with E-state index >= 15 is 0 Å². The van der Waals surface area contributed by atoms with Crippen LogP contribution in [-0.2, 0) is 4.79 Å². The van der Waals surface area contributed by atoms with E-state index in [0.29, 0.717) is 17.4 Å². The van der Waals surface area contributed by atoms with Crippen molar-refractivity contribution in [3.05, 3.63) is 23.9 Å². The largest absolute Gasteiger partial charge is 0.361 e. The molecule has 1 aliphatic rings. The quantitative estimate of drug-likeness (QED) is 0.774. The van der Waals surface area contributed by atoms with Crippen molar-refractivity contribution in [2.24, 2.45) is 0 Å². The molecule has 0 atom stereocenters. The highest BCUT2D eigenvalue weighted by molar-refractivity contribution is 5.80. The van der Waals surface area contributed by atoms with E-state index in [1.54, 1.807) is 18.3 Å². The van der Waals surface area contributed by atoms with Crippen LogP contribution in [0.2, 0.25) is 0 Å². The molecule has 0 bridgehead atoms. The molecule has 1 heterocycles. The smallest absolute Gasteiger partial charge is 0.239 e. The van der Waals surface area contributed by atoms with Crippen molar-refractivity contribution in [2.75, 3.05) is 11.9 Å². The van der Waals surface area contributed by atoms with E-state index in [1.165, 1.54) is 0 Å². The normalized spacial score (nSPS) is 13.9. The van der Waals surface area contributed by atoms with Crippen LogP contribution in [0.5, 0.6) is 0 Å². The predicted octanol–water partition coefficient (Wildman–Crippen LogP) is 0.644. The van der Waals surface area contributed by atoms with Crippen molar-refractivity contribution in [1.29, 1.82) is 5.26 Å². The molecule has 0 radical (unpaired) electrons. The lowest BCUT2D eigenvalue weighted by Gasteiger charge is -2.05. The molecule has 1 amide bonds. The summed E-state index contributed by atoms with van der Waals surface area (Å²) in [5.74, 6) is 0.511. The Bertz CT molecular complexity index is 434. The number of anilines is 1. The van der Waals surface area contributed by atoms with E-state index in [0.717, 1.165) is 12.8 Å². The van der Waals surface area contributed by atoms with Gasteiger partial charge in [-0.2, -0.15) is 5.26 Å². The SMILES string of the molecule is N#Cc1ccnc(NCC(=O)NC2CC2)c1. The van der Waals surface area contributed by atoms with Gasteiger partial charge in [-0.25, -0.2) is 4.98 Å². The third-order valence-electron chi connectivity index (χ3n) is 2.26. The summed E-state index contributed by atoms with van der Waals surface area (Å²) in [6, 6.07) is 5.62. The standard InChI is InChI=1S/C11H12N4O/c12-6-8-3-4-13-10(5-8)14-7-11(16)15-9-1-2-9/h3-5,9H,1-2,7H2,(H,13,14)(H,15,16). The number of rotatable bonds is 4. The van der Waals surface area contributed by atoms with Crippen LogP contribution in [0.25, 0.3) is 0 Å². The molecule has 1 aromatic rings.